The average molecular weight is 322 g/mol. The first kappa shape index (κ1) is 19.4. The molecule has 1 atom stereocenters. The van der Waals surface area contributed by atoms with Gasteiger partial charge in [-0.3, -0.25) is 4.90 Å². The summed E-state index contributed by atoms with van der Waals surface area (Å²) in [6, 6.07) is 2.88. The molecule has 1 unspecified atom stereocenters. The lowest BCUT2D eigenvalue weighted by molar-refractivity contribution is 0.0343. The Kier molecular flexibility index (Phi) is 10.4. The van der Waals surface area contributed by atoms with Crippen molar-refractivity contribution < 1.29 is 4.74 Å². The second-order valence-corrected chi connectivity index (χ2v) is 6.71. The molecule has 1 fully saturated rings. The number of nitrogens with zero attached hydrogens (tertiary/aromatic N) is 2. The molecule has 0 N–H and O–H groups in total. The molecule has 0 aromatic rings. The van der Waals surface area contributed by atoms with E-state index in [1.165, 1.54) is 10.9 Å². The van der Waals surface area contributed by atoms with Gasteiger partial charge in [-0.2, -0.15) is 5.26 Å². The molecule has 4 heteroatoms. The Bertz CT molecular complexity index is 406. The summed E-state index contributed by atoms with van der Waals surface area (Å²) in [4.78, 5) is 2.50. The molecular formula is C18H31N2OP. The third-order valence-electron chi connectivity index (χ3n) is 4.07. The normalized spacial score (nSPS) is 17.8. The lowest BCUT2D eigenvalue weighted by Gasteiger charge is -2.33. The van der Waals surface area contributed by atoms with Crippen molar-refractivity contribution in [2.45, 2.75) is 58.4 Å². The van der Waals surface area contributed by atoms with Crippen LogP contribution in [0.1, 0.15) is 52.4 Å². The smallest absolute Gasteiger partial charge is 0.0635 e. The lowest BCUT2D eigenvalue weighted by Crippen LogP contribution is -2.40. The third-order valence-corrected chi connectivity index (χ3v) is 4.52. The van der Waals surface area contributed by atoms with E-state index in [1.54, 1.807) is 0 Å². The first-order valence-electron chi connectivity index (χ1n) is 8.49. The van der Waals surface area contributed by atoms with Gasteiger partial charge in [-0.05, 0) is 45.6 Å². The van der Waals surface area contributed by atoms with E-state index in [0.717, 1.165) is 58.4 Å². The van der Waals surface area contributed by atoms with Crippen molar-refractivity contribution in [2.24, 2.45) is 0 Å². The molecule has 1 aliphatic rings. The van der Waals surface area contributed by atoms with Crippen LogP contribution in [0.25, 0.3) is 0 Å². The molecule has 0 saturated carbocycles. The minimum Gasteiger partial charge on any atom is -0.381 e. The zero-order chi connectivity index (χ0) is 16.2. The van der Waals surface area contributed by atoms with E-state index in [0.29, 0.717) is 12.5 Å². The van der Waals surface area contributed by atoms with Crippen molar-refractivity contribution in [3.05, 3.63) is 23.0 Å². The summed E-state index contributed by atoms with van der Waals surface area (Å²) in [7, 11) is 2.87. The molecule has 1 rings (SSSR count). The van der Waals surface area contributed by atoms with E-state index in [-0.39, 0.29) is 0 Å². The average Bonchev–Trinajstić information content (AvgIpc) is 2.51. The Morgan fingerprint density at radius 1 is 1.36 bits per heavy atom. The predicted molar refractivity (Wildman–Crippen MR) is 96.7 cm³/mol. The van der Waals surface area contributed by atoms with Crippen molar-refractivity contribution in [2.75, 3.05) is 26.3 Å². The second kappa shape index (κ2) is 11.8. The summed E-state index contributed by atoms with van der Waals surface area (Å²) in [5.74, 6) is 0. The molecule has 0 spiro atoms. The SMILES string of the molecule is CC/C=C(C)\C=C(\P)CCCN(CCC#N)C1CCOCC1. The number of nitriles is 1. The molecule has 0 bridgehead atoms. The Hall–Kier alpha value is -0.680. The number of allylic oxidation sites excluding steroid dienone is 4. The fourth-order valence-electron chi connectivity index (χ4n) is 2.95. The minimum atomic E-state index is 0.598. The summed E-state index contributed by atoms with van der Waals surface area (Å²) < 4.78 is 5.45. The van der Waals surface area contributed by atoms with Crippen molar-refractivity contribution >= 4 is 9.24 Å². The molecule has 0 radical (unpaired) electrons. The van der Waals surface area contributed by atoms with Gasteiger partial charge in [-0.15, -0.1) is 9.24 Å². The zero-order valence-corrected chi connectivity index (χ0v) is 15.3. The van der Waals surface area contributed by atoms with Crippen LogP contribution in [-0.2, 0) is 4.74 Å². The maximum atomic E-state index is 8.86. The molecule has 3 nitrogen and oxygen atoms in total. The van der Waals surface area contributed by atoms with Gasteiger partial charge < -0.3 is 4.74 Å². The van der Waals surface area contributed by atoms with Crippen LogP contribution in [0.3, 0.4) is 0 Å². The standard InChI is InChI=1S/C18H31N2OP/c1-3-6-16(2)15-18(22)7-4-11-20(12-5-10-19)17-8-13-21-14-9-17/h6,15,17H,3-5,7-9,11-14,22H2,1-2H3/b16-6-,18-15+. The van der Waals surface area contributed by atoms with Crippen LogP contribution < -0.4 is 0 Å². The second-order valence-electron chi connectivity index (χ2n) is 5.97. The Morgan fingerprint density at radius 3 is 2.73 bits per heavy atom. The van der Waals surface area contributed by atoms with E-state index >= 15 is 0 Å². The number of rotatable bonds is 9. The molecular weight excluding hydrogens is 291 g/mol. The fourth-order valence-corrected chi connectivity index (χ4v) is 3.42. The molecule has 124 valence electrons. The van der Waals surface area contributed by atoms with Gasteiger partial charge in [0.25, 0.3) is 0 Å². The molecule has 0 aromatic carbocycles. The van der Waals surface area contributed by atoms with Crippen molar-refractivity contribution in [1.82, 2.24) is 4.90 Å². The van der Waals surface area contributed by atoms with Gasteiger partial charge in [-0.1, -0.05) is 30.0 Å². The first-order chi connectivity index (χ1) is 10.7. The van der Waals surface area contributed by atoms with Gasteiger partial charge in [0, 0.05) is 32.2 Å². The van der Waals surface area contributed by atoms with Gasteiger partial charge in [0.1, 0.15) is 0 Å². The lowest BCUT2D eigenvalue weighted by atomic mass is 10.1. The molecule has 0 aliphatic carbocycles. The third kappa shape index (κ3) is 8.08. The number of ether oxygens (including phenoxy) is 1. The monoisotopic (exact) mass is 322 g/mol. The molecule has 0 aromatic heterocycles. The van der Waals surface area contributed by atoms with Gasteiger partial charge >= 0.3 is 0 Å². The summed E-state index contributed by atoms with van der Waals surface area (Å²) in [6.07, 6.45) is 10.7. The highest BCUT2D eigenvalue weighted by Crippen LogP contribution is 2.19. The molecule has 0 amide bonds. The topological polar surface area (TPSA) is 36.3 Å². The van der Waals surface area contributed by atoms with E-state index in [9.17, 15) is 0 Å². The molecule has 1 saturated heterocycles. The molecule has 22 heavy (non-hydrogen) atoms. The van der Waals surface area contributed by atoms with E-state index in [4.69, 9.17) is 10.00 Å². The number of hydrogen-bond donors (Lipinski definition) is 0. The summed E-state index contributed by atoms with van der Waals surface area (Å²) in [6.45, 7) is 8.03. The van der Waals surface area contributed by atoms with Crippen LogP contribution in [-0.4, -0.2) is 37.2 Å². The zero-order valence-electron chi connectivity index (χ0n) is 14.2. The fraction of sp³-hybridized carbons (Fsp3) is 0.722. The van der Waals surface area contributed by atoms with Crippen LogP contribution in [0.15, 0.2) is 23.0 Å². The summed E-state index contributed by atoms with van der Waals surface area (Å²) >= 11 is 0. The summed E-state index contributed by atoms with van der Waals surface area (Å²) in [5.41, 5.74) is 1.35. The minimum absolute atomic E-state index is 0.598. The van der Waals surface area contributed by atoms with Crippen LogP contribution in [0.5, 0.6) is 0 Å². The highest BCUT2D eigenvalue weighted by atomic mass is 31.0. The Balaban J connectivity index is 2.42. The summed E-state index contributed by atoms with van der Waals surface area (Å²) in [5, 5.41) is 10.2. The number of hydrogen-bond acceptors (Lipinski definition) is 3. The first-order valence-corrected chi connectivity index (χ1v) is 9.06. The van der Waals surface area contributed by atoms with Gasteiger partial charge in [0.15, 0.2) is 0 Å². The van der Waals surface area contributed by atoms with Gasteiger partial charge in [0.2, 0.25) is 0 Å². The van der Waals surface area contributed by atoms with E-state index in [1.807, 2.05) is 0 Å². The molecule has 1 heterocycles. The van der Waals surface area contributed by atoms with Crippen LogP contribution in [0.4, 0.5) is 0 Å². The maximum Gasteiger partial charge on any atom is 0.0635 e. The van der Waals surface area contributed by atoms with Crippen molar-refractivity contribution in [3.63, 3.8) is 0 Å². The van der Waals surface area contributed by atoms with Crippen molar-refractivity contribution in [1.29, 1.82) is 5.26 Å². The quantitative estimate of drug-likeness (QED) is 0.470. The van der Waals surface area contributed by atoms with E-state index < -0.39 is 0 Å². The van der Waals surface area contributed by atoms with Crippen molar-refractivity contribution in [3.8, 4) is 6.07 Å². The van der Waals surface area contributed by atoms with Crippen LogP contribution in [0.2, 0.25) is 0 Å². The highest BCUT2D eigenvalue weighted by Gasteiger charge is 2.20. The van der Waals surface area contributed by atoms with Crippen LogP contribution in [0, 0.1) is 11.3 Å². The largest absolute Gasteiger partial charge is 0.381 e. The maximum absolute atomic E-state index is 8.86. The van der Waals surface area contributed by atoms with Gasteiger partial charge in [-0.25, -0.2) is 0 Å². The Labute approximate surface area is 138 Å². The highest BCUT2D eigenvalue weighted by molar-refractivity contribution is 7.22. The van der Waals surface area contributed by atoms with E-state index in [2.05, 4.69) is 46.2 Å². The van der Waals surface area contributed by atoms with Crippen LogP contribution >= 0.6 is 9.24 Å². The molecule has 1 aliphatic heterocycles. The predicted octanol–water partition coefficient (Wildman–Crippen LogP) is 4.28. The Morgan fingerprint density at radius 2 is 2.09 bits per heavy atom. The van der Waals surface area contributed by atoms with Gasteiger partial charge in [0.05, 0.1) is 6.07 Å².